The zero-order valence-corrected chi connectivity index (χ0v) is 11.2. The van der Waals surface area contributed by atoms with Gasteiger partial charge in [-0.25, -0.2) is 0 Å². The fraction of sp³-hybridized carbons (Fsp3) is 0. The Labute approximate surface area is 107 Å². The van der Waals surface area contributed by atoms with Gasteiger partial charge >= 0.3 is 59.1 Å². The molecule has 0 aromatic rings. The average molecular weight is 206 g/mol. The van der Waals surface area contributed by atoms with E-state index in [-0.39, 0.29) is 59.1 Å². The Morgan fingerprint density at radius 1 is 0.900 bits per heavy atom. The second kappa shape index (κ2) is 17.3. The number of hydrogen-bond donors (Lipinski definition) is 2. The van der Waals surface area contributed by atoms with Crippen LogP contribution in [0.2, 0.25) is 0 Å². The van der Waals surface area contributed by atoms with E-state index in [4.69, 9.17) is 17.5 Å². The normalized spacial score (nSPS) is 12.4. The first-order valence-corrected chi connectivity index (χ1v) is 3.83. The molecule has 0 rings (SSSR count). The molecular formula is H4N2Na2O4S2. The Kier molecular flexibility index (Phi) is 39.3. The molecule has 0 heterocycles. The van der Waals surface area contributed by atoms with Gasteiger partial charge in [0.1, 0.15) is 0 Å². The van der Waals surface area contributed by atoms with Gasteiger partial charge in [0.15, 0.2) is 0 Å². The Morgan fingerprint density at radius 3 is 1.00 bits per heavy atom. The van der Waals surface area contributed by atoms with Crippen LogP contribution >= 0.6 is 0 Å². The van der Waals surface area contributed by atoms with Crippen molar-refractivity contribution in [2.75, 3.05) is 0 Å². The number of rotatable bonds is 1. The SMILES string of the molecule is NN.O=S([O-])S(=O)[O-].[Na+].[Na+]. The summed E-state index contributed by atoms with van der Waals surface area (Å²) in [7, 11) is -5.90. The van der Waals surface area contributed by atoms with Crippen LogP contribution in [0.25, 0.3) is 0 Å². The van der Waals surface area contributed by atoms with Crippen molar-refractivity contribution in [3.8, 4) is 0 Å². The molecule has 10 heavy (non-hydrogen) atoms. The molecule has 0 aromatic carbocycles. The molecule has 0 radical (unpaired) electrons. The molecule has 2 unspecified atom stereocenters. The molecule has 0 fully saturated rings. The third-order valence-electron chi connectivity index (χ3n) is 0.111. The summed E-state index contributed by atoms with van der Waals surface area (Å²) >= 11 is 0. The smallest absolute Gasteiger partial charge is 0.763 e. The molecule has 0 saturated carbocycles. The van der Waals surface area contributed by atoms with E-state index in [1.165, 1.54) is 0 Å². The van der Waals surface area contributed by atoms with Gasteiger partial charge in [-0.2, -0.15) is 0 Å². The summed E-state index contributed by atoms with van der Waals surface area (Å²) in [4.78, 5) is 0. The van der Waals surface area contributed by atoms with Crippen LogP contribution in [0.1, 0.15) is 0 Å². The van der Waals surface area contributed by atoms with Crippen molar-refractivity contribution in [2.45, 2.75) is 0 Å². The molecule has 0 saturated heterocycles. The Balaban J connectivity index is -0.0000000412. The largest absolute Gasteiger partial charge is 1.00 e. The summed E-state index contributed by atoms with van der Waals surface area (Å²) < 4.78 is 36.3. The maximum Gasteiger partial charge on any atom is 1.00 e. The third-order valence-corrected chi connectivity index (χ3v) is 1.00. The van der Waals surface area contributed by atoms with Crippen molar-refractivity contribution in [3.05, 3.63) is 0 Å². The fourth-order valence-electron chi connectivity index (χ4n) is 0. The van der Waals surface area contributed by atoms with E-state index in [1.807, 2.05) is 0 Å². The summed E-state index contributed by atoms with van der Waals surface area (Å²) in [6, 6.07) is 0. The maximum absolute atomic E-state index is 9.09. The van der Waals surface area contributed by atoms with E-state index in [0.29, 0.717) is 0 Å². The fourth-order valence-corrected chi connectivity index (χ4v) is 0. The molecule has 10 heteroatoms. The van der Waals surface area contributed by atoms with Gasteiger partial charge in [0.05, 0.1) is 0 Å². The van der Waals surface area contributed by atoms with Crippen molar-refractivity contribution in [2.24, 2.45) is 11.7 Å². The van der Waals surface area contributed by atoms with E-state index in [0.717, 1.165) is 0 Å². The van der Waals surface area contributed by atoms with Gasteiger partial charge in [0.2, 0.25) is 0 Å². The predicted octanol–water partition coefficient (Wildman–Crippen LogP) is -8.51. The van der Waals surface area contributed by atoms with Crippen LogP contribution in [0.3, 0.4) is 0 Å². The van der Waals surface area contributed by atoms with E-state index in [1.54, 1.807) is 0 Å². The van der Waals surface area contributed by atoms with Crippen LogP contribution in [0, 0.1) is 0 Å². The topological polar surface area (TPSA) is 132 Å². The molecule has 0 aliphatic carbocycles. The van der Waals surface area contributed by atoms with Gasteiger partial charge in [-0.3, -0.25) is 20.1 Å². The van der Waals surface area contributed by atoms with Crippen LogP contribution in [-0.2, 0) is 20.2 Å². The molecule has 0 aromatic heterocycles. The maximum atomic E-state index is 9.09. The van der Waals surface area contributed by atoms with Crippen molar-refractivity contribution in [1.29, 1.82) is 0 Å². The van der Waals surface area contributed by atoms with E-state index in [9.17, 15) is 0 Å². The van der Waals surface area contributed by atoms with Crippen molar-refractivity contribution in [1.82, 2.24) is 0 Å². The minimum absolute atomic E-state index is 0. The average Bonchev–Trinajstić information content (AvgIpc) is 1.72. The Morgan fingerprint density at radius 2 is 1.00 bits per heavy atom. The third kappa shape index (κ3) is 22.5. The predicted molar refractivity (Wildman–Crippen MR) is 26.2 cm³/mol. The van der Waals surface area contributed by atoms with Gasteiger partial charge in [-0.1, -0.05) is 0 Å². The van der Waals surface area contributed by atoms with E-state index < -0.39 is 20.2 Å². The minimum Gasteiger partial charge on any atom is -0.763 e. The van der Waals surface area contributed by atoms with E-state index >= 15 is 0 Å². The second-order valence-electron chi connectivity index (χ2n) is 0.408. The number of hydrogen-bond acceptors (Lipinski definition) is 6. The number of hydrazine groups is 1. The van der Waals surface area contributed by atoms with Crippen molar-refractivity contribution < 1.29 is 76.6 Å². The molecule has 2 atom stereocenters. The van der Waals surface area contributed by atoms with Crippen LogP contribution in [0.4, 0.5) is 0 Å². The standard InChI is InChI=1S/H4N2.2Na.H2O4S2/c1-2;;;1-5(2)6(3)4/h1-2H2;;;(H,1,2)(H,3,4)/q;2*+1;/p-2. The molecule has 0 spiro atoms. The molecule has 4 N–H and O–H groups in total. The summed E-state index contributed by atoms with van der Waals surface area (Å²) in [6.07, 6.45) is 0. The van der Waals surface area contributed by atoms with Crippen molar-refractivity contribution >= 4 is 20.2 Å². The van der Waals surface area contributed by atoms with Gasteiger partial charge < -0.3 is 9.11 Å². The first-order valence-electron chi connectivity index (χ1n) is 1.17. The van der Waals surface area contributed by atoms with Crippen LogP contribution in [0.15, 0.2) is 0 Å². The first kappa shape index (κ1) is 22.7. The van der Waals surface area contributed by atoms with Gasteiger partial charge in [-0.15, -0.1) is 0 Å². The summed E-state index contributed by atoms with van der Waals surface area (Å²) in [5.41, 5.74) is 0. The second-order valence-corrected chi connectivity index (χ2v) is 2.86. The molecular weight excluding hydrogens is 202 g/mol. The minimum atomic E-state index is -2.95. The molecule has 52 valence electrons. The van der Waals surface area contributed by atoms with Crippen LogP contribution in [0.5, 0.6) is 0 Å². The quantitative estimate of drug-likeness (QED) is 0.144. The zero-order chi connectivity index (χ0) is 7.15. The van der Waals surface area contributed by atoms with Gasteiger partial charge in [-0.05, 0) is 0 Å². The summed E-state index contributed by atoms with van der Waals surface area (Å²) in [6.45, 7) is 0. The Hall–Kier alpha value is 2.14. The molecule has 0 bridgehead atoms. The van der Waals surface area contributed by atoms with Crippen LogP contribution < -0.4 is 70.8 Å². The van der Waals surface area contributed by atoms with Crippen LogP contribution in [-0.4, -0.2) is 17.5 Å². The monoisotopic (exact) mass is 206 g/mol. The van der Waals surface area contributed by atoms with E-state index in [2.05, 4.69) is 11.7 Å². The molecule has 6 nitrogen and oxygen atoms in total. The van der Waals surface area contributed by atoms with Gasteiger partial charge in [0.25, 0.3) is 0 Å². The van der Waals surface area contributed by atoms with Crippen molar-refractivity contribution in [3.63, 3.8) is 0 Å². The Bertz CT molecular complexity index is 85.3. The first-order chi connectivity index (χ1) is 3.64. The number of nitrogens with two attached hydrogens (primary N) is 2. The summed E-state index contributed by atoms with van der Waals surface area (Å²) in [5.74, 6) is 8.00. The zero-order valence-electron chi connectivity index (χ0n) is 5.60. The molecule has 0 amide bonds. The molecule has 0 aliphatic rings. The van der Waals surface area contributed by atoms with Gasteiger partial charge in [0, 0.05) is 20.2 Å². The summed E-state index contributed by atoms with van der Waals surface area (Å²) in [5, 5.41) is 0. The molecule has 0 aliphatic heterocycles.